The van der Waals surface area contributed by atoms with E-state index in [4.69, 9.17) is 4.74 Å². The zero-order valence-electron chi connectivity index (χ0n) is 10.9. The minimum absolute atomic E-state index is 0.159. The number of methoxy groups -OCH3 is 1. The average Bonchev–Trinajstić information content (AvgIpc) is 2.16. The molecule has 0 aromatic carbocycles. The van der Waals surface area contributed by atoms with Crippen LogP contribution in [0.3, 0.4) is 0 Å². The lowest BCUT2D eigenvalue weighted by Gasteiger charge is -2.27. The van der Waals surface area contributed by atoms with Crippen LogP contribution < -0.4 is 5.32 Å². The lowest BCUT2D eigenvalue weighted by atomic mass is 9.92. The Morgan fingerprint density at radius 3 is 2.27 bits per heavy atom. The molecule has 0 fully saturated rings. The van der Waals surface area contributed by atoms with Gasteiger partial charge in [0.2, 0.25) is 0 Å². The zero-order valence-corrected chi connectivity index (χ0v) is 10.9. The van der Waals surface area contributed by atoms with Crippen LogP contribution in [0.4, 0.5) is 0 Å². The highest BCUT2D eigenvalue weighted by Gasteiger charge is 2.29. The second-order valence-electron chi connectivity index (χ2n) is 5.02. The van der Waals surface area contributed by atoms with Crippen molar-refractivity contribution in [2.24, 2.45) is 11.3 Å². The maximum absolute atomic E-state index is 11.4. The van der Waals surface area contributed by atoms with Crippen molar-refractivity contribution in [3.63, 3.8) is 0 Å². The lowest BCUT2D eigenvalue weighted by molar-refractivity contribution is -0.150. The Hall–Kier alpha value is -0.570. The first-order valence-electron chi connectivity index (χ1n) is 5.67. The summed E-state index contributed by atoms with van der Waals surface area (Å²) in [6, 6.07) is 0.467. The smallest absolute Gasteiger partial charge is 0.312 e. The van der Waals surface area contributed by atoms with Crippen molar-refractivity contribution in [1.29, 1.82) is 0 Å². The van der Waals surface area contributed by atoms with Crippen molar-refractivity contribution in [2.45, 2.75) is 47.1 Å². The largest absolute Gasteiger partial charge is 0.469 e. The summed E-state index contributed by atoms with van der Waals surface area (Å²) in [4.78, 5) is 11.4. The first kappa shape index (κ1) is 14.4. The monoisotopic (exact) mass is 215 g/mol. The van der Waals surface area contributed by atoms with Gasteiger partial charge in [0.1, 0.15) is 0 Å². The molecule has 0 aliphatic rings. The Bertz CT molecular complexity index is 200. The number of hydrogen-bond acceptors (Lipinski definition) is 3. The number of rotatable bonds is 6. The van der Waals surface area contributed by atoms with E-state index in [0.717, 1.165) is 6.42 Å². The van der Waals surface area contributed by atoms with Crippen LogP contribution in [0.1, 0.15) is 41.0 Å². The molecule has 1 unspecified atom stereocenters. The van der Waals surface area contributed by atoms with Gasteiger partial charge in [0, 0.05) is 12.6 Å². The van der Waals surface area contributed by atoms with Gasteiger partial charge in [0.05, 0.1) is 12.5 Å². The number of hydrogen-bond donors (Lipinski definition) is 1. The Morgan fingerprint density at radius 1 is 1.40 bits per heavy atom. The molecule has 0 bridgehead atoms. The molecule has 0 radical (unpaired) electrons. The number of carbonyl (C=O) groups is 1. The van der Waals surface area contributed by atoms with E-state index in [1.165, 1.54) is 7.11 Å². The normalized spacial score (nSPS) is 14.1. The second-order valence-corrected chi connectivity index (χ2v) is 5.02. The number of carbonyl (C=O) groups excluding carboxylic acids is 1. The Morgan fingerprint density at radius 2 is 1.93 bits per heavy atom. The van der Waals surface area contributed by atoms with Gasteiger partial charge in [-0.15, -0.1) is 0 Å². The van der Waals surface area contributed by atoms with Crippen molar-refractivity contribution < 1.29 is 9.53 Å². The van der Waals surface area contributed by atoms with Crippen molar-refractivity contribution in [3.05, 3.63) is 0 Å². The van der Waals surface area contributed by atoms with Gasteiger partial charge in [0.25, 0.3) is 0 Å². The summed E-state index contributed by atoms with van der Waals surface area (Å²) in [6.45, 7) is 11.0. The maximum Gasteiger partial charge on any atom is 0.312 e. The van der Waals surface area contributed by atoms with E-state index in [1.54, 1.807) is 0 Å². The van der Waals surface area contributed by atoms with E-state index in [1.807, 2.05) is 13.8 Å². The Labute approximate surface area is 93.6 Å². The molecule has 90 valence electrons. The van der Waals surface area contributed by atoms with Crippen LogP contribution >= 0.6 is 0 Å². The fourth-order valence-electron chi connectivity index (χ4n) is 1.59. The minimum atomic E-state index is -0.447. The zero-order chi connectivity index (χ0) is 12.1. The van der Waals surface area contributed by atoms with Crippen LogP contribution in [-0.2, 0) is 9.53 Å². The molecule has 0 saturated carbocycles. The molecule has 0 aliphatic carbocycles. The van der Waals surface area contributed by atoms with Crippen LogP contribution in [0.5, 0.6) is 0 Å². The molecule has 0 saturated heterocycles. The van der Waals surface area contributed by atoms with Crippen LogP contribution in [0, 0.1) is 11.3 Å². The first-order valence-corrected chi connectivity index (χ1v) is 5.67. The van der Waals surface area contributed by atoms with Gasteiger partial charge in [-0.05, 0) is 26.2 Å². The predicted octanol–water partition coefficient (Wildman–Crippen LogP) is 2.21. The van der Waals surface area contributed by atoms with Gasteiger partial charge in [0.15, 0.2) is 0 Å². The maximum atomic E-state index is 11.4. The van der Waals surface area contributed by atoms with Gasteiger partial charge in [-0.1, -0.05) is 20.8 Å². The van der Waals surface area contributed by atoms with Crippen molar-refractivity contribution in [2.75, 3.05) is 13.7 Å². The second kappa shape index (κ2) is 6.11. The molecule has 1 N–H and O–H groups in total. The third kappa shape index (κ3) is 4.65. The van der Waals surface area contributed by atoms with E-state index in [-0.39, 0.29) is 5.97 Å². The fraction of sp³-hybridized carbons (Fsp3) is 0.917. The summed E-state index contributed by atoms with van der Waals surface area (Å²) in [6.07, 6.45) is 1.08. The number of ether oxygens (including phenoxy) is 1. The molecule has 3 nitrogen and oxygen atoms in total. The highest BCUT2D eigenvalue weighted by Crippen LogP contribution is 2.17. The highest BCUT2D eigenvalue weighted by molar-refractivity contribution is 5.76. The average molecular weight is 215 g/mol. The molecule has 0 spiro atoms. The summed E-state index contributed by atoms with van der Waals surface area (Å²) in [7, 11) is 1.43. The van der Waals surface area contributed by atoms with Crippen LogP contribution in [0.25, 0.3) is 0 Å². The van der Waals surface area contributed by atoms with Gasteiger partial charge in [-0.25, -0.2) is 0 Å². The summed E-state index contributed by atoms with van der Waals surface area (Å²) >= 11 is 0. The first-order chi connectivity index (χ1) is 6.85. The molecule has 0 rings (SSSR count). The van der Waals surface area contributed by atoms with E-state index in [9.17, 15) is 4.79 Å². The molecular weight excluding hydrogens is 190 g/mol. The molecular formula is C12H25NO2. The van der Waals surface area contributed by atoms with Gasteiger partial charge < -0.3 is 10.1 Å². The third-order valence-corrected chi connectivity index (χ3v) is 2.79. The predicted molar refractivity (Wildman–Crippen MR) is 62.7 cm³/mol. The van der Waals surface area contributed by atoms with Crippen LogP contribution in [-0.4, -0.2) is 25.7 Å². The van der Waals surface area contributed by atoms with Crippen molar-refractivity contribution in [3.8, 4) is 0 Å². The highest BCUT2D eigenvalue weighted by atomic mass is 16.5. The van der Waals surface area contributed by atoms with E-state index >= 15 is 0 Å². The Kier molecular flexibility index (Phi) is 5.88. The van der Waals surface area contributed by atoms with Crippen molar-refractivity contribution in [1.82, 2.24) is 5.32 Å². The van der Waals surface area contributed by atoms with Gasteiger partial charge >= 0.3 is 5.97 Å². The topological polar surface area (TPSA) is 38.3 Å². The molecule has 0 aromatic rings. The number of nitrogens with one attached hydrogen (secondary N) is 1. The molecule has 15 heavy (non-hydrogen) atoms. The van der Waals surface area contributed by atoms with E-state index in [0.29, 0.717) is 18.5 Å². The van der Waals surface area contributed by atoms with E-state index < -0.39 is 5.41 Å². The quantitative estimate of drug-likeness (QED) is 0.690. The molecule has 0 amide bonds. The lowest BCUT2D eigenvalue weighted by Crippen LogP contribution is -2.43. The molecule has 1 atom stereocenters. The SMILES string of the molecule is CCC(NCC(C)(C)C(=O)OC)C(C)C. The molecule has 0 heterocycles. The van der Waals surface area contributed by atoms with Crippen LogP contribution in [0.15, 0.2) is 0 Å². The molecule has 0 aliphatic heterocycles. The summed E-state index contributed by atoms with van der Waals surface area (Å²) in [5.41, 5.74) is -0.447. The minimum Gasteiger partial charge on any atom is -0.469 e. The van der Waals surface area contributed by atoms with Gasteiger partial charge in [-0.2, -0.15) is 0 Å². The van der Waals surface area contributed by atoms with Crippen molar-refractivity contribution >= 4 is 5.97 Å². The van der Waals surface area contributed by atoms with Gasteiger partial charge in [-0.3, -0.25) is 4.79 Å². The summed E-state index contributed by atoms with van der Waals surface area (Å²) in [5.74, 6) is 0.428. The fourth-order valence-corrected chi connectivity index (χ4v) is 1.59. The number of esters is 1. The van der Waals surface area contributed by atoms with Crippen LogP contribution in [0.2, 0.25) is 0 Å². The summed E-state index contributed by atoms with van der Waals surface area (Å²) < 4.78 is 4.76. The standard InChI is InChI=1S/C12H25NO2/c1-7-10(9(2)3)13-8-12(4,5)11(14)15-6/h9-10,13H,7-8H2,1-6H3. The molecule has 0 aromatic heterocycles. The summed E-state index contributed by atoms with van der Waals surface area (Å²) in [5, 5.41) is 3.42. The molecule has 3 heteroatoms. The Balaban J connectivity index is 4.18. The van der Waals surface area contributed by atoms with E-state index in [2.05, 4.69) is 26.1 Å². The third-order valence-electron chi connectivity index (χ3n) is 2.79.